The van der Waals surface area contributed by atoms with E-state index in [1.807, 2.05) is 54.6 Å². The van der Waals surface area contributed by atoms with Gasteiger partial charge in [0.25, 0.3) is 0 Å². The molecule has 0 unspecified atom stereocenters. The number of benzene rings is 4. The van der Waals surface area contributed by atoms with E-state index in [4.69, 9.17) is 18.9 Å². The summed E-state index contributed by atoms with van der Waals surface area (Å²) in [6, 6.07) is 25.7. The zero-order valence-electron chi connectivity index (χ0n) is 19.9. The number of hydrogen-bond donors (Lipinski definition) is 0. The highest BCUT2D eigenvalue weighted by Crippen LogP contribution is 2.37. The van der Waals surface area contributed by atoms with Crippen molar-refractivity contribution in [1.29, 1.82) is 0 Å². The zero-order valence-corrected chi connectivity index (χ0v) is 21.4. The van der Waals surface area contributed by atoms with Gasteiger partial charge in [-0.05, 0) is 35.9 Å². The second-order valence-corrected chi connectivity index (χ2v) is 8.96. The van der Waals surface area contributed by atoms with E-state index < -0.39 is 5.82 Å². The smallest absolute Gasteiger partial charge is 0.230 e. The minimum atomic E-state index is -0.513. The van der Waals surface area contributed by atoms with Crippen LogP contribution < -0.4 is 18.9 Å². The third kappa shape index (κ3) is 5.81. The summed E-state index contributed by atoms with van der Waals surface area (Å²) in [6.07, 6.45) is 1.36. The van der Waals surface area contributed by atoms with Crippen LogP contribution in [0.25, 0.3) is 10.9 Å². The number of fused-ring (bicyclic) bond motifs is 1. The number of hydrogen-bond acceptors (Lipinski definition) is 6. The highest BCUT2D eigenvalue weighted by molar-refractivity contribution is 9.10. The highest BCUT2D eigenvalue weighted by atomic mass is 79.9. The monoisotopic (exact) mass is 560 g/mol. The van der Waals surface area contributed by atoms with Gasteiger partial charge in [0.2, 0.25) is 5.88 Å². The molecule has 186 valence electrons. The maximum Gasteiger partial charge on any atom is 0.230 e. The summed E-state index contributed by atoms with van der Waals surface area (Å²) in [5, 5.41) is 0.556. The van der Waals surface area contributed by atoms with Gasteiger partial charge in [-0.25, -0.2) is 14.4 Å². The van der Waals surface area contributed by atoms with Gasteiger partial charge in [0.05, 0.1) is 18.0 Å². The first-order valence-corrected chi connectivity index (χ1v) is 12.2. The molecule has 0 aliphatic rings. The van der Waals surface area contributed by atoms with Crippen molar-refractivity contribution in [3.8, 4) is 28.9 Å². The minimum Gasteiger partial charge on any atom is -0.493 e. The molecule has 37 heavy (non-hydrogen) atoms. The Morgan fingerprint density at radius 3 is 2.35 bits per heavy atom. The van der Waals surface area contributed by atoms with Gasteiger partial charge in [0.1, 0.15) is 25.3 Å². The van der Waals surface area contributed by atoms with Gasteiger partial charge in [0.15, 0.2) is 23.1 Å². The largest absolute Gasteiger partial charge is 0.493 e. The van der Waals surface area contributed by atoms with Crippen LogP contribution in [0.15, 0.2) is 95.7 Å². The predicted molar refractivity (Wildman–Crippen MR) is 142 cm³/mol. The molecule has 5 aromatic rings. The second-order valence-electron chi connectivity index (χ2n) is 8.05. The van der Waals surface area contributed by atoms with Crippen molar-refractivity contribution < 1.29 is 23.3 Å². The third-order valence-corrected chi connectivity index (χ3v) is 6.07. The van der Waals surface area contributed by atoms with Gasteiger partial charge < -0.3 is 18.9 Å². The van der Waals surface area contributed by atoms with Gasteiger partial charge in [-0.15, -0.1) is 0 Å². The molecule has 1 heterocycles. The van der Waals surface area contributed by atoms with Crippen LogP contribution in [0.2, 0.25) is 0 Å². The fourth-order valence-corrected chi connectivity index (χ4v) is 4.04. The molecule has 0 aliphatic heterocycles. The Hall–Kier alpha value is -4.17. The van der Waals surface area contributed by atoms with Crippen LogP contribution in [0.4, 0.5) is 4.39 Å². The lowest BCUT2D eigenvalue weighted by Crippen LogP contribution is -2.03. The lowest BCUT2D eigenvalue weighted by atomic mass is 10.2. The molecule has 5 rings (SSSR count). The Morgan fingerprint density at radius 1 is 0.757 bits per heavy atom. The van der Waals surface area contributed by atoms with Crippen molar-refractivity contribution in [2.75, 3.05) is 7.11 Å². The summed E-state index contributed by atoms with van der Waals surface area (Å²) in [6.45, 7) is 0.710. The molecule has 6 nitrogen and oxygen atoms in total. The van der Waals surface area contributed by atoms with Crippen LogP contribution >= 0.6 is 15.9 Å². The van der Waals surface area contributed by atoms with Crippen LogP contribution in [0.5, 0.6) is 28.9 Å². The molecule has 0 aliphatic carbocycles. The van der Waals surface area contributed by atoms with Crippen molar-refractivity contribution in [1.82, 2.24) is 9.97 Å². The Balaban J connectivity index is 1.37. The molecule has 0 saturated carbocycles. The molecule has 0 atom stereocenters. The van der Waals surface area contributed by atoms with Crippen LogP contribution in [0.3, 0.4) is 0 Å². The second kappa shape index (κ2) is 11.3. The quantitative estimate of drug-likeness (QED) is 0.186. The van der Waals surface area contributed by atoms with Crippen molar-refractivity contribution in [2.24, 2.45) is 0 Å². The fourth-order valence-electron chi connectivity index (χ4n) is 3.71. The third-order valence-electron chi connectivity index (χ3n) is 5.58. The molecule has 0 saturated heterocycles. The Labute approximate surface area is 221 Å². The number of halogens is 2. The number of nitrogens with zero attached hydrogens (tertiary/aromatic N) is 2. The predicted octanol–water partition coefficient (Wildman–Crippen LogP) is 7.49. The summed E-state index contributed by atoms with van der Waals surface area (Å²) < 4.78 is 38.5. The van der Waals surface area contributed by atoms with E-state index in [1.54, 1.807) is 25.3 Å². The van der Waals surface area contributed by atoms with Crippen LogP contribution in [-0.2, 0) is 13.2 Å². The molecule has 0 N–H and O–H groups in total. The number of methoxy groups -OCH3 is 1. The van der Waals surface area contributed by atoms with E-state index >= 15 is 0 Å². The maximum atomic E-state index is 14.3. The van der Waals surface area contributed by atoms with Gasteiger partial charge in [-0.2, -0.15) is 0 Å². The molecule has 8 heteroatoms. The fraction of sp³-hybridized carbons (Fsp3) is 0.103. The SMILES string of the molecule is COc1cc2c(Oc3ccc(Br)cc3F)ncnc2cc1OCc1ccccc1OCc1ccccc1. The van der Waals surface area contributed by atoms with Crippen molar-refractivity contribution >= 4 is 26.8 Å². The molecule has 0 fully saturated rings. The molecule has 1 aromatic heterocycles. The summed E-state index contributed by atoms with van der Waals surface area (Å²) in [4.78, 5) is 8.54. The lowest BCUT2D eigenvalue weighted by Gasteiger charge is -2.15. The number of para-hydroxylation sites is 1. The normalized spacial score (nSPS) is 10.8. The first-order chi connectivity index (χ1) is 18.1. The van der Waals surface area contributed by atoms with Gasteiger partial charge >= 0.3 is 0 Å². The molecular formula is C29H22BrFN2O4. The molecule has 0 amide bonds. The van der Waals surface area contributed by atoms with E-state index in [9.17, 15) is 4.39 Å². The van der Waals surface area contributed by atoms with Gasteiger partial charge in [-0.1, -0.05) is 64.5 Å². The average molecular weight is 561 g/mol. The summed E-state index contributed by atoms with van der Waals surface area (Å²) >= 11 is 3.24. The molecule has 4 aromatic carbocycles. The van der Waals surface area contributed by atoms with Crippen molar-refractivity contribution in [3.63, 3.8) is 0 Å². The number of ether oxygens (including phenoxy) is 4. The van der Waals surface area contributed by atoms with Crippen LogP contribution in [-0.4, -0.2) is 17.1 Å². The van der Waals surface area contributed by atoms with E-state index in [0.29, 0.717) is 33.5 Å². The van der Waals surface area contributed by atoms with E-state index in [1.165, 1.54) is 18.5 Å². The molecule has 0 radical (unpaired) electrons. The van der Waals surface area contributed by atoms with Crippen LogP contribution in [0.1, 0.15) is 11.1 Å². The van der Waals surface area contributed by atoms with Gasteiger partial charge in [-0.3, -0.25) is 0 Å². The zero-order chi connectivity index (χ0) is 25.6. The van der Waals surface area contributed by atoms with Gasteiger partial charge in [0, 0.05) is 16.1 Å². The number of aromatic nitrogens is 2. The minimum absolute atomic E-state index is 0.0506. The number of rotatable bonds is 9. The average Bonchev–Trinajstić information content (AvgIpc) is 2.93. The van der Waals surface area contributed by atoms with Crippen molar-refractivity contribution in [3.05, 3.63) is 113 Å². The summed E-state index contributed by atoms with van der Waals surface area (Å²) in [5.41, 5.74) is 2.53. The Bertz CT molecular complexity index is 1530. The lowest BCUT2D eigenvalue weighted by molar-refractivity contribution is 0.264. The molecule has 0 spiro atoms. The Morgan fingerprint density at radius 2 is 1.54 bits per heavy atom. The van der Waals surface area contributed by atoms with Crippen molar-refractivity contribution in [2.45, 2.75) is 13.2 Å². The van der Waals surface area contributed by atoms with Crippen LogP contribution in [0, 0.1) is 5.82 Å². The molecular weight excluding hydrogens is 539 g/mol. The highest BCUT2D eigenvalue weighted by Gasteiger charge is 2.15. The molecule has 0 bridgehead atoms. The van der Waals surface area contributed by atoms with E-state index in [-0.39, 0.29) is 18.2 Å². The first-order valence-electron chi connectivity index (χ1n) is 11.4. The van der Waals surface area contributed by atoms with E-state index in [2.05, 4.69) is 25.9 Å². The Kier molecular flexibility index (Phi) is 7.46. The maximum absolute atomic E-state index is 14.3. The first kappa shape index (κ1) is 24.5. The standard InChI is InChI=1S/C29H22BrFN2O4/c1-34-27-14-22-24(32-18-33-29(22)37-26-12-11-21(30)13-23(26)31)15-28(27)36-17-20-9-5-6-10-25(20)35-16-19-7-3-2-4-8-19/h2-15,18H,16-17H2,1H3. The summed E-state index contributed by atoms with van der Waals surface area (Å²) in [5.74, 6) is 1.44. The van der Waals surface area contributed by atoms with E-state index in [0.717, 1.165) is 16.9 Å². The summed E-state index contributed by atoms with van der Waals surface area (Å²) in [7, 11) is 1.55. The topological polar surface area (TPSA) is 62.7 Å².